The van der Waals surface area contributed by atoms with Gasteiger partial charge in [0, 0.05) is 0 Å². The Morgan fingerprint density at radius 3 is 1.64 bits per heavy atom. The largest absolute Gasteiger partial charge is 0.394 e. The van der Waals surface area contributed by atoms with Gasteiger partial charge in [0.2, 0.25) is 0 Å². The molecule has 0 rings (SSSR count). The fourth-order valence-electron chi connectivity index (χ4n) is 5.18. The quantitative estimate of drug-likeness (QED) is 0.0495. The van der Waals surface area contributed by atoms with Crippen LogP contribution in [0.5, 0.6) is 0 Å². The molecule has 5 nitrogen and oxygen atoms in total. The number of aliphatic hydroxyl groups excluding tert-OH is 3. The van der Waals surface area contributed by atoms with Crippen molar-refractivity contribution in [3.63, 3.8) is 0 Å². The highest BCUT2D eigenvalue weighted by atomic mass is 16.3. The minimum absolute atomic E-state index is 0.399. The van der Waals surface area contributed by atoms with Gasteiger partial charge in [-0.2, -0.15) is 0 Å². The van der Waals surface area contributed by atoms with Gasteiger partial charge in [-0.3, -0.25) is 4.79 Å². The zero-order chi connectivity index (χ0) is 31.1. The summed E-state index contributed by atoms with van der Waals surface area (Å²) in [5.74, 6) is -0.601. The van der Waals surface area contributed by atoms with E-state index in [-0.39, 0.29) is 0 Å². The summed E-state index contributed by atoms with van der Waals surface area (Å²) < 4.78 is 0. The highest BCUT2D eigenvalue weighted by molar-refractivity contribution is 5.82. The normalized spacial score (nSPS) is 14.6. The maximum Gasteiger partial charge on any atom is 0.253 e. The molecule has 0 aliphatic carbocycles. The Hall–Kier alpha value is -1.43. The molecule has 0 heterocycles. The molecule has 3 unspecified atom stereocenters. The molecule has 0 aromatic rings. The lowest BCUT2D eigenvalue weighted by molar-refractivity contribution is -0.128. The van der Waals surface area contributed by atoms with Gasteiger partial charge in [0.25, 0.3) is 5.91 Å². The molecule has 4 N–H and O–H groups in total. The molecule has 0 fully saturated rings. The lowest BCUT2D eigenvalue weighted by Crippen LogP contribution is -2.48. The van der Waals surface area contributed by atoms with E-state index in [1.165, 1.54) is 127 Å². The van der Waals surface area contributed by atoms with Crippen molar-refractivity contribution in [2.24, 2.45) is 0 Å². The van der Waals surface area contributed by atoms with Gasteiger partial charge in [-0.05, 0) is 45.4 Å². The Labute approximate surface area is 260 Å². The minimum atomic E-state index is -1.28. The van der Waals surface area contributed by atoms with Crippen molar-refractivity contribution in [3.05, 3.63) is 36.0 Å². The Balaban J connectivity index is 3.99. The van der Waals surface area contributed by atoms with Crippen LogP contribution in [0, 0.1) is 0 Å². The fraction of sp³-hybridized carbons (Fsp3) is 0.811. The topological polar surface area (TPSA) is 89.8 Å². The molecular weight excluding hydrogens is 522 g/mol. The molecule has 0 spiro atoms. The van der Waals surface area contributed by atoms with Crippen molar-refractivity contribution in [3.8, 4) is 0 Å². The van der Waals surface area contributed by atoms with Gasteiger partial charge in [0.1, 0.15) is 0 Å². The summed E-state index contributed by atoms with van der Waals surface area (Å²) in [7, 11) is 0. The molecule has 1 amide bonds. The molecule has 42 heavy (non-hydrogen) atoms. The minimum Gasteiger partial charge on any atom is -0.394 e. The molecule has 0 aliphatic rings. The van der Waals surface area contributed by atoms with Crippen molar-refractivity contribution < 1.29 is 20.1 Å². The van der Waals surface area contributed by atoms with E-state index in [2.05, 4.69) is 32.2 Å². The van der Waals surface area contributed by atoms with E-state index >= 15 is 0 Å². The van der Waals surface area contributed by atoms with Gasteiger partial charge in [-0.1, -0.05) is 159 Å². The van der Waals surface area contributed by atoms with E-state index in [4.69, 9.17) is 0 Å². The summed E-state index contributed by atoms with van der Waals surface area (Å²) in [4.78, 5) is 12.3. The number of nitrogens with one attached hydrogen (secondary N) is 1. The highest BCUT2D eigenvalue weighted by Gasteiger charge is 2.21. The number of amides is 1. The van der Waals surface area contributed by atoms with Gasteiger partial charge in [0.05, 0.1) is 18.8 Å². The molecule has 0 bridgehead atoms. The SMILES string of the molecule is CCCCCCCCCCCCCCC=CC(O)C(=O)NC(CO)C(O)C=CCCC=C(C)CCCCCCCCC. The smallest absolute Gasteiger partial charge is 0.253 e. The second kappa shape index (κ2) is 31.0. The predicted octanol–water partition coefficient (Wildman–Crippen LogP) is 9.26. The van der Waals surface area contributed by atoms with Crippen LogP contribution in [0.15, 0.2) is 36.0 Å². The standard InChI is InChI=1S/C37H69NO4/c1-4-6-8-10-12-13-14-15-16-17-18-20-22-26-31-36(41)37(42)38-34(32-39)35(40)30-27-23-25-29-33(3)28-24-21-19-11-9-7-5-2/h26-27,29-31,34-36,39-41H,4-25,28,32H2,1-3H3,(H,38,42). The Kier molecular flexibility index (Phi) is 30.0. The summed E-state index contributed by atoms with van der Waals surface area (Å²) in [5, 5.41) is 32.8. The maximum absolute atomic E-state index is 12.3. The number of unbranched alkanes of at least 4 members (excludes halogenated alkanes) is 19. The maximum atomic E-state index is 12.3. The molecule has 3 atom stereocenters. The average Bonchev–Trinajstić information content (AvgIpc) is 2.98. The third-order valence-electron chi connectivity index (χ3n) is 8.08. The zero-order valence-corrected chi connectivity index (χ0v) is 27.8. The van der Waals surface area contributed by atoms with Gasteiger partial charge < -0.3 is 20.6 Å². The van der Waals surface area contributed by atoms with Gasteiger partial charge in [0.15, 0.2) is 6.10 Å². The third kappa shape index (κ3) is 26.2. The summed E-state index contributed by atoms with van der Waals surface area (Å²) in [5.41, 5.74) is 1.42. The molecule has 0 saturated carbocycles. The van der Waals surface area contributed by atoms with E-state index in [0.717, 1.165) is 32.1 Å². The lowest BCUT2D eigenvalue weighted by atomic mass is 10.0. The monoisotopic (exact) mass is 592 g/mol. The summed E-state index contributed by atoms with van der Waals surface area (Å²) in [6.07, 6.45) is 35.4. The second-order valence-corrected chi connectivity index (χ2v) is 12.3. The first-order valence-corrected chi connectivity index (χ1v) is 17.7. The van der Waals surface area contributed by atoms with Gasteiger partial charge in [-0.25, -0.2) is 0 Å². The van der Waals surface area contributed by atoms with Crippen LogP contribution < -0.4 is 5.32 Å². The molecule has 0 aliphatic heterocycles. The molecule has 246 valence electrons. The molecule has 0 aromatic carbocycles. The van der Waals surface area contributed by atoms with Crippen LogP contribution in [-0.4, -0.2) is 46.1 Å². The van der Waals surface area contributed by atoms with Crippen molar-refractivity contribution in [2.75, 3.05) is 6.61 Å². The molecule has 5 heteroatoms. The zero-order valence-electron chi connectivity index (χ0n) is 27.8. The number of rotatable bonds is 30. The molecular formula is C37H69NO4. The van der Waals surface area contributed by atoms with Crippen LogP contribution >= 0.6 is 0 Å². The van der Waals surface area contributed by atoms with E-state index in [0.29, 0.717) is 0 Å². The summed E-state index contributed by atoms with van der Waals surface area (Å²) >= 11 is 0. The Morgan fingerprint density at radius 1 is 0.643 bits per heavy atom. The van der Waals surface area contributed by atoms with Crippen LogP contribution in [-0.2, 0) is 4.79 Å². The van der Waals surface area contributed by atoms with Crippen molar-refractivity contribution in [2.45, 2.75) is 187 Å². The fourth-order valence-corrected chi connectivity index (χ4v) is 5.18. The number of hydrogen-bond donors (Lipinski definition) is 4. The van der Waals surface area contributed by atoms with Crippen LogP contribution in [0.25, 0.3) is 0 Å². The number of allylic oxidation sites excluding steroid dienone is 4. The van der Waals surface area contributed by atoms with Crippen molar-refractivity contribution in [1.29, 1.82) is 0 Å². The van der Waals surface area contributed by atoms with Crippen LogP contribution in [0.3, 0.4) is 0 Å². The Bertz CT molecular complexity index is 687. The third-order valence-corrected chi connectivity index (χ3v) is 8.08. The highest BCUT2D eigenvalue weighted by Crippen LogP contribution is 2.14. The van der Waals surface area contributed by atoms with Gasteiger partial charge >= 0.3 is 0 Å². The molecule has 0 radical (unpaired) electrons. The first-order valence-electron chi connectivity index (χ1n) is 17.7. The lowest BCUT2D eigenvalue weighted by Gasteiger charge is -2.20. The van der Waals surface area contributed by atoms with E-state index in [1.807, 2.05) is 12.2 Å². The van der Waals surface area contributed by atoms with Crippen LogP contribution in [0.1, 0.15) is 168 Å². The van der Waals surface area contributed by atoms with Crippen LogP contribution in [0.4, 0.5) is 0 Å². The number of hydrogen-bond acceptors (Lipinski definition) is 4. The van der Waals surface area contributed by atoms with Crippen molar-refractivity contribution in [1.82, 2.24) is 5.32 Å². The first-order chi connectivity index (χ1) is 20.5. The summed E-state index contributed by atoms with van der Waals surface area (Å²) in [6.45, 7) is 6.29. The first kappa shape index (κ1) is 40.6. The van der Waals surface area contributed by atoms with Crippen molar-refractivity contribution >= 4 is 5.91 Å². The predicted molar refractivity (Wildman–Crippen MR) is 181 cm³/mol. The van der Waals surface area contributed by atoms with E-state index in [9.17, 15) is 20.1 Å². The second-order valence-electron chi connectivity index (χ2n) is 12.3. The molecule has 0 aromatic heterocycles. The average molecular weight is 592 g/mol. The van der Waals surface area contributed by atoms with Crippen LogP contribution in [0.2, 0.25) is 0 Å². The van der Waals surface area contributed by atoms with E-state index in [1.54, 1.807) is 6.08 Å². The number of carbonyl (C=O) groups is 1. The summed E-state index contributed by atoms with van der Waals surface area (Å²) in [6, 6.07) is -0.845. The Morgan fingerprint density at radius 2 is 1.12 bits per heavy atom. The molecule has 0 saturated heterocycles. The number of carbonyl (C=O) groups excluding carboxylic acids is 1. The number of aliphatic hydroxyl groups is 3. The van der Waals surface area contributed by atoms with Gasteiger partial charge in [-0.15, -0.1) is 0 Å². The van der Waals surface area contributed by atoms with E-state index < -0.39 is 30.8 Å².